The molecule has 0 aromatic carbocycles. The van der Waals surface area contributed by atoms with Gasteiger partial charge >= 0.3 is 0 Å². The summed E-state index contributed by atoms with van der Waals surface area (Å²) in [7, 11) is 0. The average molecular weight is 402 g/mol. The largest absolute Gasteiger partial charge is 0.356 e. The van der Waals surface area contributed by atoms with Crippen LogP contribution in [0.25, 0.3) is 0 Å². The summed E-state index contributed by atoms with van der Waals surface area (Å²) in [4.78, 5) is 18.8. The minimum Gasteiger partial charge on any atom is -0.356 e. The standard InChI is InChI=1S/C25H43N3O/c1-2-3-4-5-6-7-8-9-10-11-12-13-14-15-16-17-18-19-25(29)27-21-20-24-22-26-23-28-24/h6-7,9-10,22-23H,2-5,8,11-21H2,1H3,(H,26,28)(H,27,29)/b7-6-,10-9-. The number of carbonyl (C=O) groups is 1. The summed E-state index contributed by atoms with van der Waals surface area (Å²) in [6.45, 7) is 2.94. The first-order chi connectivity index (χ1) is 14.3. The number of imidazole rings is 1. The molecule has 0 aliphatic rings. The van der Waals surface area contributed by atoms with Gasteiger partial charge in [-0.15, -0.1) is 0 Å². The molecule has 0 atom stereocenters. The molecule has 0 saturated carbocycles. The van der Waals surface area contributed by atoms with E-state index in [0.717, 1.165) is 25.0 Å². The lowest BCUT2D eigenvalue weighted by Crippen LogP contribution is -2.25. The molecule has 164 valence electrons. The first kappa shape index (κ1) is 25.2. The minimum absolute atomic E-state index is 0.173. The maximum absolute atomic E-state index is 11.8. The number of hydrogen-bond donors (Lipinski definition) is 2. The second-order valence-electron chi connectivity index (χ2n) is 7.86. The summed E-state index contributed by atoms with van der Waals surface area (Å²) in [5.74, 6) is 0.173. The Morgan fingerprint density at radius 3 is 2.24 bits per heavy atom. The monoisotopic (exact) mass is 401 g/mol. The Kier molecular flexibility index (Phi) is 16.9. The number of nitrogens with one attached hydrogen (secondary N) is 2. The Labute approximate surface area is 178 Å². The van der Waals surface area contributed by atoms with Crippen molar-refractivity contribution >= 4 is 5.91 Å². The maximum Gasteiger partial charge on any atom is 0.220 e. The SMILES string of the molecule is CCCCC/C=C\C/C=C\CCCCCCCCCC(=O)NCCc1cnc[nH]1. The van der Waals surface area contributed by atoms with Gasteiger partial charge in [0.2, 0.25) is 5.91 Å². The minimum atomic E-state index is 0.173. The highest BCUT2D eigenvalue weighted by atomic mass is 16.1. The fraction of sp³-hybridized carbons (Fsp3) is 0.680. The Hall–Kier alpha value is -1.84. The number of aromatic amines is 1. The highest BCUT2D eigenvalue weighted by molar-refractivity contribution is 5.75. The van der Waals surface area contributed by atoms with Gasteiger partial charge in [0.15, 0.2) is 0 Å². The first-order valence-corrected chi connectivity index (χ1v) is 11.9. The van der Waals surface area contributed by atoms with E-state index in [1.165, 1.54) is 70.6 Å². The average Bonchev–Trinajstić information content (AvgIpc) is 3.24. The van der Waals surface area contributed by atoms with Crippen LogP contribution >= 0.6 is 0 Å². The van der Waals surface area contributed by atoms with Crippen LogP contribution in [0.3, 0.4) is 0 Å². The molecular formula is C25H43N3O. The van der Waals surface area contributed by atoms with Crippen molar-refractivity contribution in [3.63, 3.8) is 0 Å². The van der Waals surface area contributed by atoms with Crippen LogP contribution in [0.2, 0.25) is 0 Å². The van der Waals surface area contributed by atoms with Crippen molar-refractivity contribution in [3.05, 3.63) is 42.5 Å². The van der Waals surface area contributed by atoms with Crippen molar-refractivity contribution in [2.75, 3.05) is 6.54 Å². The number of rotatable bonds is 19. The molecule has 1 heterocycles. The summed E-state index contributed by atoms with van der Waals surface area (Å²) < 4.78 is 0. The highest BCUT2D eigenvalue weighted by Crippen LogP contribution is 2.10. The third-order valence-corrected chi connectivity index (χ3v) is 5.13. The van der Waals surface area contributed by atoms with Crippen LogP contribution in [0.4, 0.5) is 0 Å². The highest BCUT2D eigenvalue weighted by Gasteiger charge is 2.01. The van der Waals surface area contributed by atoms with E-state index in [1.54, 1.807) is 12.5 Å². The van der Waals surface area contributed by atoms with Gasteiger partial charge in [0.25, 0.3) is 0 Å². The van der Waals surface area contributed by atoms with E-state index >= 15 is 0 Å². The summed E-state index contributed by atoms with van der Waals surface area (Å²) in [6, 6.07) is 0. The van der Waals surface area contributed by atoms with E-state index < -0.39 is 0 Å². The zero-order valence-corrected chi connectivity index (χ0v) is 18.6. The molecule has 0 saturated heterocycles. The fourth-order valence-corrected chi connectivity index (χ4v) is 3.30. The molecule has 0 fully saturated rings. The van der Waals surface area contributed by atoms with Crippen molar-refractivity contribution in [1.29, 1.82) is 0 Å². The molecular weight excluding hydrogens is 358 g/mol. The van der Waals surface area contributed by atoms with Crippen LogP contribution in [0.5, 0.6) is 0 Å². The van der Waals surface area contributed by atoms with Gasteiger partial charge in [0.1, 0.15) is 0 Å². The van der Waals surface area contributed by atoms with Crippen molar-refractivity contribution in [2.45, 2.75) is 103 Å². The van der Waals surface area contributed by atoms with Gasteiger partial charge in [-0.2, -0.15) is 0 Å². The van der Waals surface area contributed by atoms with Gasteiger partial charge in [0.05, 0.1) is 6.33 Å². The van der Waals surface area contributed by atoms with E-state index in [0.29, 0.717) is 13.0 Å². The molecule has 0 bridgehead atoms. The normalized spacial score (nSPS) is 11.6. The third kappa shape index (κ3) is 16.8. The number of hydrogen-bond acceptors (Lipinski definition) is 2. The van der Waals surface area contributed by atoms with E-state index in [1.807, 2.05) is 0 Å². The smallest absolute Gasteiger partial charge is 0.220 e. The van der Waals surface area contributed by atoms with E-state index in [9.17, 15) is 4.79 Å². The Morgan fingerprint density at radius 1 is 0.931 bits per heavy atom. The van der Waals surface area contributed by atoms with Gasteiger partial charge in [-0.3, -0.25) is 4.79 Å². The first-order valence-electron chi connectivity index (χ1n) is 11.9. The number of nitrogens with zero attached hydrogens (tertiary/aromatic N) is 1. The number of amides is 1. The molecule has 29 heavy (non-hydrogen) atoms. The van der Waals surface area contributed by atoms with Crippen LogP contribution in [-0.4, -0.2) is 22.4 Å². The molecule has 1 aromatic heterocycles. The summed E-state index contributed by atoms with van der Waals surface area (Å²) in [5, 5.41) is 2.98. The molecule has 4 heteroatoms. The lowest BCUT2D eigenvalue weighted by Gasteiger charge is -2.04. The zero-order chi connectivity index (χ0) is 20.8. The molecule has 1 amide bonds. The van der Waals surface area contributed by atoms with Crippen LogP contribution in [-0.2, 0) is 11.2 Å². The van der Waals surface area contributed by atoms with Crippen molar-refractivity contribution in [1.82, 2.24) is 15.3 Å². The lowest BCUT2D eigenvalue weighted by molar-refractivity contribution is -0.121. The Bertz CT molecular complexity index is 534. The molecule has 0 aliphatic heterocycles. The van der Waals surface area contributed by atoms with Crippen LogP contribution < -0.4 is 5.32 Å². The zero-order valence-electron chi connectivity index (χ0n) is 18.6. The second-order valence-corrected chi connectivity index (χ2v) is 7.86. The van der Waals surface area contributed by atoms with Crippen molar-refractivity contribution in [3.8, 4) is 0 Å². The van der Waals surface area contributed by atoms with Crippen LogP contribution in [0, 0.1) is 0 Å². The van der Waals surface area contributed by atoms with Crippen molar-refractivity contribution in [2.24, 2.45) is 0 Å². The van der Waals surface area contributed by atoms with Gasteiger partial charge < -0.3 is 10.3 Å². The number of H-pyrrole nitrogens is 1. The molecule has 0 spiro atoms. The number of unbranched alkanes of at least 4 members (excludes halogenated alkanes) is 10. The second kappa shape index (κ2) is 19.5. The molecule has 0 radical (unpaired) electrons. The topological polar surface area (TPSA) is 57.8 Å². The van der Waals surface area contributed by atoms with E-state index in [2.05, 4.69) is 46.5 Å². The van der Waals surface area contributed by atoms with Crippen LogP contribution in [0.15, 0.2) is 36.8 Å². The van der Waals surface area contributed by atoms with Crippen molar-refractivity contribution < 1.29 is 4.79 Å². The molecule has 0 unspecified atom stereocenters. The fourth-order valence-electron chi connectivity index (χ4n) is 3.30. The Balaban J connectivity index is 1.78. The predicted octanol–water partition coefficient (Wildman–Crippen LogP) is 6.66. The molecule has 2 N–H and O–H groups in total. The van der Waals surface area contributed by atoms with Gasteiger partial charge in [-0.25, -0.2) is 4.98 Å². The number of allylic oxidation sites excluding steroid dienone is 4. The van der Waals surface area contributed by atoms with Gasteiger partial charge in [0, 0.05) is 31.3 Å². The van der Waals surface area contributed by atoms with Crippen LogP contribution in [0.1, 0.15) is 103 Å². The third-order valence-electron chi connectivity index (χ3n) is 5.13. The van der Waals surface area contributed by atoms with E-state index in [4.69, 9.17) is 0 Å². The molecule has 4 nitrogen and oxygen atoms in total. The van der Waals surface area contributed by atoms with E-state index in [-0.39, 0.29) is 5.91 Å². The number of aromatic nitrogens is 2. The predicted molar refractivity (Wildman–Crippen MR) is 124 cm³/mol. The molecule has 1 rings (SSSR count). The van der Waals surface area contributed by atoms with Gasteiger partial charge in [-0.05, 0) is 38.5 Å². The molecule has 1 aromatic rings. The lowest BCUT2D eigenvalue weighted by atomic mass is 10.1. The maximum atomic E-state index is 11.8. The summed E-state index contributed by atoms with van der Waals surface area (Å²) in [6.07, 6.45) is 30.4. The molecule has 0 aliphatic carbocycles. The number of carbonyl (C=O) groups excluding carboxylic acids is 1. The van der Waals surface area contributed by atoms with Gasteiger partial charge in [-0.1, -0.05) is 76.2 Å². The Morgan fingerprint density at radius 2 is 1.59 bits per heavy atom. The summed E-state index contributed by atoms with van der Waals surface area (Å²) in [5.41, 5.74) is 1.07. The summed E-state index contributed by atoms with van der Waals surface area (Å²) >= 11 is 0. The quantitative estimate of drug-likeness (QED) is 0.201.